The average molecular weight is 374 g/mol. The Morgan fingerprint density at radius 3 is 2.54 bits per heavy atom. The molecule has 1 aromatic carbocycles. The molecular weight excluding hydrogens is 350 g/mol. The largest absolute Gasteiger partial charge is 0.378 e. The zero-order valence-electron chi connectivity index (χ0n) is 15.1. The molecule has 0 saturated carbocycles. The van der Waals surface area contributed by atoms with E-state index in [1.54, 1.807) is 17.2 Å². The van der Waals surface area contributed by atoms with E-state index in [1.165, 1.54) is 5.56 Å². The van der Waals surface area contributed by atoms with Gasteiger partial charge in [-0.15, -0.1) is 0 Å². The second kappa shape index (κ2) is 8.52. The third-order valence-electron chi connectivity index (χ3n) is 4.50. The van der Waals surface area contributed by atoms with E-state index in [0.717, 1.165) is 0 Å². The second-order valence-electron chi connectivity index (χ2n) is 6.74. The van der Waals surface area contributed by atoms with Crippen molar-refractivity contribution in [1.29, 1.82) is 0 Å². The number of nitrogens with one attached hydrogen (secondary N) is 1. The Morgan fingerprint density at radius 1 is 1.23 bits per heavy atom. The molecule has 0 bridgehead atoms. The molecule has 1 amide bonds. The first-order valence-electron chi connectivity index (χ1n) is 8.90. The minimum atomic E-state index is -0.0577. The van der Waals surface area contributed by atoms with Crippen LogP contribution < -0.4 is 5.32 Å². The zero-order chi connectivity index (χ0) is 18.5. The highest BCUT2D eigenvalue weighted by molar-refractivity contribution is 6.33. The first kappa shape index (κ1) is 18.7. The van der Waals surface area contributed by atoms with Crippen LogP contribution in [0, 0.1) is 5.92 Å². The molecule has 2 aromatic rings. The lowest BCUT2D eigenvalue weighted by atomic mass is 9.96. The molecule has 1 unspecified atom stereocenters. The fraction of sp³-hybridized carbons (Fsp3) is 0.400. The number of aromatic nitrogens is 1. The molecule has 1 atom stereocenters. The number of ether oxygens (including phenoxy) is 1. The molecule has 1 aliphatic rings. The van der Waals surface area contributed by atoms with Crippen LogP contribution in [0.15, 0.2) is 42.6 Å². The molecule has 5 nitrogen and oxygen atoms in total. The van der Waals surface area contributed by atoms with Crippen molar-refractivity contribution in [3.63, 3.8) is 0 Å². The number of nitrogens with zero attached hydrogens (tertiary/aromatic N) is 2. The van der Waals surface area contributed by atoms with Gasteiger partial charge < -0.3 is 15.0 Å². The third kappa shape index (κ3) is 4.34. The van der Waals surface area contributed by atoms with E-state index in [4.69, 9.17) is 16.3 Å². The van der Waals surface area contributed by atoms with E-state index >= 15 is 0 Å². The summed E-state index contributed by atoms with van der Waals surface area (Å²) >= 11 is 6.43. The summed E-state index contributed by atoms with van der Waals surface area (Å²) in [5, 5.41) is 3.87. The maximum absolute atomic E-state index is 12.6. The van der Waals surface area contributed by atoms with Gasteiger partial charge in [0.1, 0.15) is 5.82 Å². The van der Waals surface area contributed by atoms with Gasteiger partial charge in [0.05, 0.1) is 29.8 Å². The molecule has 1 aromatic heterocycles. The third-order valence-corrected chi connectivity index (χ3v) is 4.79. The van der Waals surface area contributed by atoms with Crippen LogP contribution in [0.3, 0.4) is 0 Å². The van der Waals surface area contributed by atoms with Crippen molar-refractivity contribution in [2.24, 2.45) is 5.92 Å². The van der Waals surface area contributed by atoms with Gasteiger partial charge in [0, 0.05) is 19.3 Å². The number of anilines is 1. The average Bonchev–Trinajstić information content (AvgIpc) is 2.67. The minimum Gasteiger partial charge on any atom is -0.378 e. The summed E-state index contributed by atoms with van der Waals surface area (Å²) in [5.41, 5.74) is 1.68. The summed E-state index contributed by atoms with van der Waals surface area (Å²) in [4.78, 5) is 18.8. The Balaban J connectivity index is 1.77. The molecular formula is C20H24ClN3O2. The first-order chi connectivity index (χ1) is 12.6. The molecule has 1 saturated heterocycles. The molecule has 6 heteroatoms. The maximum Gasteiger partial charge on any atom is 0.255 e. The number of carbonyl (C=O) groups is 1. The maximum atomic E-state index is 12.6. The monoisotopic (exact) mass is 373 g/mol. The fourth-order valence-corrected chi connectivity index (χ4v) is 3.27. The first-order valence-corrected chi connectivity index (χ1v) is 9.28. The van der Waals surface area contributed by atoms with Gasteiger partial charge in [-0.05, 0) is 17.5 Å². The summed E-state index contributed by atoms with van der Waals surface area (Å²) in [6.45, 7) is 6.63. The zero-order valence-corrected chi connectivity index (χ0v) is 15.9. The lowest BCUT2D eigenvalue weighted by molar-refractivity contribution is 0.0302. The summed E-state index contributed by atoms with van der Waals surface area (Å²) in [6.07, 6.45) is 1.59. The lowest BCUT2D eigenvalue weighted by Gasteiger charge is -2.27. The quantitative estimate of drug-likeness (QED) is 0.860. The van der Waals surface area contributed by atoms with Crippen LogP contribution in [0.4, 0.5) is 5.82 Å². The standard InChI is InChI=1S/C20H24ClN3O2/c1-14(2)18(15-6-4-3-5-7-15)23-19-17(21)12-16(13-22-19)20(25)24-8-10-26-11-9-24/h3-7,12-14,18H,8-11H2,1-2H3,(H,22,23). The van der Waals surface area contributed by atoms with Gasteiger partial charge in [-0.3, -0.25) is 4.79 Å². The molecule has 1 N–H and O–H groups in total. The van der Waals surface area contributed by atoms with Crippen LogP contribution in [0.2, 0.25) is 5.02 Å². The van der Waals surface area contributed by atoms with Gasteiger partial charge in [0.15, 0.2) is 0 Å². The van der Waals surface area contributed by atoms with E-state index in [9.17, 15) is 4.79 Å². The molecule has 1 fully saturated rings. The summed E-state index contributed by atoms with van der Waals surface area (Å²) in [7, 11) is 0. The van der Waals surface area contributed by atoms with Gasteiger partial charge in [-0.1, -0.05) is 55.8 Å². The Kier molecular flexibility index (Phi) is 6.12. The Hall–Kier alpha value is -2.11. The number of amides is 1. The van der Waals surface area contributed by atoms with Gasteiger partial charge in [0.25, 0.3) is 5.91 Å². The number of pyridine rings is 1. The van der Waals surface area contributed by atoms with Gasteiger partial charge in [-0.25, -0.2) is 4.98 Å². The lowest BCUT2D eigenvalue weighted by Crippen LogP contribution is -2.40. The number of benzene rings is 1. The number of rotatable bonds is 5. The molecule has 1 aliphatic heterocycles. The SMILES string of the molecule is CC(C)C(Nc1ncc(C(=O)N2CCOCC2)cc1Cl)c1ccccc1. The van der Waals surface area contributed by atoms with Crippen LogP contribution in [0.5, 0.6) is 0 Å². The van der Waals surface area contributed by atoms with Crippen LogP contribution in [0.25, 0.3) is 0 Å². The minimum absolute atomic E-state index is 0.0577. The highest BCUT2D eigenvalue weighted by Crippen LogP contribution is 2.29. The van der Waals surface area contributed by atoms with Crippen molar-refractivity contribution in [2.45, 2.75) is 19.9 Å². The van der Waals surface area contributed by atoms with E-state index in [0.29, 0.717) is 48.6 Å². The van der Waals surface area contributed by atoms with E-state index in [2.05, 4.69) is 36.3 Å². The Bertz CT molecular complexity index is 746. The van der Waals surface area contributed by atoms with Crippen LogP contribution in [0.1, 0.15) is 35.8 Å². The van der Waals surface area contributed by atoms with Crippen LogP contribution >= 0.6 is 11.6 Å². The Labute approximate surface area is 159 Å². The summed E-state index contributed by atoms with van der Waals surface area (Å²) in [5.74, 6) is 0.885. The van der Waals surface area contributed by atoms with Crippen molar-refractivity contribution in [3.05, 3.63) is 58.7 Å². The van der Waals surface area contributed by atoms with Crippen LogP contribution in [-0.4, -0.2) is 42.1 Å². The molecule has 26 heavy (non-hydrogen) atoms. The van der Waals surface area contributed by atoms with Crippen molar-refractivity contribution in [2.75, 3.05) is 31.6 Å². The van der Waals surface area contributed by atoms with E-state index in [1.807, 2.05) is 18.2 Å². The van der Waals surface area contributed by atoms with Crippen molar-refractivity contribution in [3.8, 4) is 0 Å². The predicted octanol–water partition coefficient (Wildman–Crippen LogP) is 4.02. The predicted molar refractivity (Wildman–Crippen MR) is 104 cm³/mol. The number of morpholine rings is 1. The van der Waals surface area contributed by atoms with Gasteiger partial charge >= 0.3 is 0 Å². The molecule has 0 radical (unpaired) electrons. The van der Waals surface area contributed by atoms with Crippen molar-refractivity contribution >= 4 is 23.3 Å². The topological polar surface area (TPSA) is 54.5 Å². The Morgan fingerprint density at radius 2 is 1.92 bits per heavy atom. The number of hydrogen-bond donors (Lipinski definition) is 1. The van der Waals surface area contributed by atoms with E-state index < -0.39 is 0 Å². The molecule has 138 valence electrons. The molecule has 3 rings (SSSR count). The molecule has 0 aliphatic carbocycles. The van der Waals surface area contributed by atoms with Crippen LogP contribution in [-0.2, 0) is 4.74 Å². The highest BCUT2D eigenvalue weighted by atomic mass is 35.5. The molecule has 2 heterocycles. The van der Waals surface area contributed by atoms with Gasteiger partial charge in [0.2, 0.25) is 0 Å². The number of carbonyl (C=O) groups excluding carboxylic acids is 1. The summed E-state index contributed by atoms with van der Waals surface area (Å²) < 4.78 is 5.29. The van der Waals surface area contributed by atoms with Crippen molar-refractivity contribution in [1.82, 2.24) is 9.88 Å². The van der Waals surface area contributed by atoms with Crippen molar-refractivity contribution < 1.29 is 9.53 Å². The fourth-order valence-electron chi connectivity index (χ4n) is 3.05. The highest BCUT2D eigenvalue weighted by Gasteiger charge is 2.21. The smallest absolute Gasteiger partial charge is 0.255 e. The molecule has 0 spiro atoms. The summed E-state index contributed by atoms with van der Waals surface area (Å²) in [6, 6.07) is 12.0. The number of halogens is 1. The number of hydrogen-bond acceptors (Lipinski definition) is 4. The second-order valence-corrected chi connectivity index (χ2v) is 7.14. The van der Waals surface area contributed by atoms with Gasteiger partial charge in [-0.2, -0.15) is 0 Å². The van der Waals surface area contributed by atoms with E-state index in [-0.39, 0.29) is 11.9 Å². The normalized spacial score (nSPS) is 15.8.